The van der Waals surface area contributed by atoms with E-state index in [0.717, 1.165) is 0 Å². The summed E-state index contributed by atoms with van der Waals surface area (Å²) in [7, 11) is 0. The van der Waals surface area contributed by atoms with Crippen LogP contribution in [0.2, 0.25) is 0 Å². The van der Waals surface area contributed by atoms with Gasteiger partial charge in [0, 0.05) is 30.7 Å². The number of anilines is 1. The van der Waals surface area contributed by atoms with Crippen LogP contribution in [0.15, 0.2) is 18.5 Å². The number of carbonyl (C=O) groups excluding carboxylic acids is 1. The molecule has 0 unspecified atom stereocenters. The molecule has 0 bridgehead atoms. The number of pyridine rings is 1. The summed E-state index contributed by atoms with van der Waals surface area (Å²) < 4.78 is 5.59. The predicted octanol–water partition coefficient (Wildman–Crippen LogP) is 2.43. The Morgan fingerprint density at radius 1 is 1.38 bits per heavy atom. The van der Waals surface area contributed by atoms with Gasteiger partial charge in [-0.15, -0.1) is 0 Å². The molecule has 1 aromatic heterocycles. The molecule has 1 aromatic rings. The van der Waals surface area contributed by atoms with Crippen molar-refractivity contribution in [3.8, 4) is 0 Å². The van der Waals surface area contributed by atoms with Gasteiger partial charge in [0.2, 0.25) is 0 Å². The normalized spacial score (nSPS) is 27.0. The molecule has 8 heteroatoms. The Bertz CT molecular complexity index is 672. The molecule has 2 fully saturated rings. The van der Waals surface area contributed by atoms with Crippen molar-refractivity contribution < 1.29 is 14.5 Å². The molecule has 3 rings (SSSR count). The minimum Gasteiger partial charge on any atom is -0.443 e. The van der Waals surface area contributed by atoms with Crippen LogP contribution in [0.3, 0.4) is 0 Å². The zero-order valence-corrected chi connectivity index (χ0v) is 14.3. The second kappa shape index (κ2) is 5.61. The average molecular weight is 334 g/mol. The Labute approximate surface area is 140 Å². The van der Waals surface area contributed by atoms with Crippen LogP contribution in [0.25, 0.3) is 0 Å². The summed E-state index contributed by atoms with van der Waals surface area (Å²) in [5, 5.41) is 11.3. The van der Waals surface area contributed by atoms with Gasteiger partial charge in [-0.05, 0) is 26.8 Å². The van der Waals surface area contributed by atoms with E-state index < -0.39 is 4.92 Å². The summed E-state index contributed by atoms with van der Waals surface area (Å²) >= 11 is 0. The standard InChI is InChI=1S/C16H22N4O4/c1-10-8-18(11-5-6-17-7-12(11)20(22)23)9-13-14(10)24-15(21)19(13)16(2,3)4/h5-7,10,13-14H,8-9H2,1-4H3/t10-,13-,14+/m1/s1. The fraction of sp³-hybridized carbons (Fsp3) is 0.625. The lowest BCUT2D eigenvalue weighted by molar-refractivity contribution is -0.384. The molecular formula is C16H22N4O4. The van der Waals surface area contributed by atoms with Gasteiger partial charge < -0.3 is 9.64 Å². The van der Waals surface area contributed by atoms with Crippen molar-refractivity contribution in [2.75, 3.05) is 18.0 Å². The van der Waals surface area contributed by atoms with Crippen molar-refractivity contribution in [3.63, 3.8) is 0 Å². The van der Waals surface area contributed by atoms with E-state index in [0.29, 0.717) is 18.8 Å². The Morgan fingerprint density at radius 3 is 2.71 bits per heavy atom. The molecule has 0 N–H and O–H groups in total. The number of nitro groups is 1. The van der Waals surface area contributed by atoms with Crippen LogP contribution in [-0.4, -0.2) is 51.7 Å². The van der Waals surface area contributed by atoms with Crippen molar-refractivity contribution in [3.05, 3.63) is 28.6 Å². The maximum atomic E-state index is 12.3. The highest BCUT2D eigenvalue weighted by Gasteiger charge is 2.52. The Kier molecular flexibility index (Phi) is 3.85. The van der Waals surface area contributed by atoms with Crippen molar-refractivity contribution >= 4 is 17.5 Å². The fourth-order valence-electron chi connectivity index (χ4n) is 3.72. The molecule has 0 aromatic carbocycles. The average Bonchev–Trinajstić information content (AvgIpc) is 2.83. The number of hydrogen-bond donors (Lipinski definition) is 0. The van der Waals surface area contributed by atoms with E-state index in [1.807, 2.05) is 32.6 Å². The van der Waals surface area contributed by atoms with Crippen LogP contribution in [0.1, 0.15) is 27.7 Å². The molecule has 0 spiro atoms. The molecule has 2 aliphatic heterocycles. The topological polar surface area (TPSA) is 88.8 Å². The number of aromatic nitrogens is 1. The van der Waals surface area contributed by atoms with Crippen LogP contribution in [0.5, 0.6) is 0 Å². The summed E-state index contributed by atoms with van der Waals surface area (Å²) in [4.78, 5) is 30.8. The van der Waals surface area contributed by atoms with Gasteiger partial charge in [0.05, 0.1) is 11.0 Å². The number of amides is 1. The van der Waals surface area contributed by atoms with E-state index >= 15 is 0 Å². The number of rotatable bonds is 2. The summed E-state index contributed by atoms with van der Waals surface area (Å²) in [6.45, 7) is 9.01. The van der Waals surface area contributed by atoms with Crippen LogP contribution in [0.4, 0.5) is 16.2 Å². The van der Waals surface area contributed by atoms with Gasteiger partial charge in [-0.2, -0.15) is 0 Å². The zero-order valence-electron chi connectivity index (χ0n) is 14.3. The van der Waals surface area contributed by atoms with Crippen molar-refractivity contribution in [2.45, 2.75) is 45.4 Å². The van der Waals surface area contributed by atoms with E-state index in [2.05, 4.69) is 4.98 Å². The van der Waals surface area contributed by atoms with Crippen molar-refractivity contribution in [2.24, 2.45) is 5.92 Å². The summed E-state index contributed by atoms with van der Waals surface area (Å²) in [6, 6.07) is 1.53. The molecule has 0 aliphatic carbocycles. The maximum absolute atomic E-state index is 12.3. The number of fused-ring (bicyclic) bond motifs is 1. The van der Waals surface area contributed by atoms with Gasteiger partial charge in [0.25, 0.3) is 0 Å². The third kappa shape index (κ3) is 2.65. The van der Waals surface area contributed by atoms with Gasteiger partial charge >= 0.3 is 11.8 Å². The lowest BCUT2D eigenvalue weighted by atomic mass is 9.89. The number of carbonyl (C=O) groups is 1. The molecule has 2 aliphatic rings. The monoisotopic (exact) mass is 334 g/mol. The van der Waals surface area contributed by atoms with Crippen LogP contribution < -0.4 is 4.90 Å². The lowest BCUT2D eigenvalue weighted by Gasteiger charge is -2.43. The number of ether oxygens (including phenoxy) is 1. The van der Waals surface area contributed by atoms with Gasteiger partial charge in [-0.3, -0.25) is 20.0 Å². The minimum atomic E-state index is -0.420. The number of hydrogen-bond acceptors (Lipinski definition) is 6. The van der Waals surface area contributed by atoms with E-state index in [1.54, 1.807) is 17.2 Å². The third-order valence-electron chi connectivity index (χ3n) is 4.66. The first kappa shape index (κ1) is 16.5. The second-order valence-electron chi connectivity index (χ2n) is 7.46. The molecule has 8 nitrogen and oxygen atoms in total. The Balaban J connectivity index is 1.95. The van der Waals surface area contributed by atoms with Crippen LogP contribution in [0, 0.1) is 16.0 Å². The first-order chi connectivity index (χ1) is 11.2. The predicted molar refractivity (Wildman–Crippen MR) is 87.9 cm³/mol. The second-order valence-corrected chi connectivity index (χ2v) is 7.46. The quantitative estimate of drug-likeness (QED) is 0.609. The smallest absolute Gasteiger partial charge is 0.411 e. The molecule has 3 heterocycles. The summed E-state index contributed by atoms with van der Waals surface area (Å²) in [5.74, 6) is 0.0767. The van der Waals surface area contributed by atoms with Gasteiger partial charge in [0.1, 0.15) is 18.0 Å². The number of piperidine rings is 1. The highest BCUT2D eigenvalue weighted by molar-refractivity contribution is 5.72. The molecule has 24 heavy (non-hydrogen) atoms. The Morgan fingerprint density at radius 2 is 2.08 bits per heavy atom. The summed E-state index contributed by atoms with van der Waals surface area (Å²) in [5.41, 5.74) is 0.146. The Hall–Kier alpha value is -2.38. The third-order valence-corrected chi connectivity index (χ3v) is 4.66. The van der Waals surface area contributed by atoms with Crippen LogP contribution >= 0.6 is 0 Å². The minimum absolute atomic E-state index is 0.0179. The highest BCUT2D eigenvalue weighted by Crippen LogP contribution is 2.38. The van der Waals surface area contributed by atoms with Gasteiger partial charge in [-0.25, -0.2) is 4.79 Å². The largest absolute Gasteiger partial charge is 0.443 e. The van der Waals surface area contributed by atoms with E-state index in [9.17, 15) is 14.9 Å². The SMILES string of the molecule is C[C@@H]1CN(c2ccncc2[N+](=O)[O-])C[C@@H]2[C@H]1OC(=O)N2C(C)(C)C. The molecule has 1 amide bonds. The molecular weight excluding hydrogens is 312 g/mol. The fourth-order valence-corrected chi connectivity index (χ4v) is 3.72. The molecule has 2 saturated heterocycles. The van der Waals surface area contributed by atoms with E-state index in [4.69, 9.17) is 4.74 Å². The molecule has 0 radical (unpaired) electrons. The first-order valence-electron chi connectivity index (χ1n) is 8.03. The number of nitrogens with zero attached hydrogens (tertiary/aromatic N) is 4. The van der Waals surface area contributed by atoms with Crippen LogP contribution in [-0.2, 0) is 4.74 Å². The lowest BCUT2D eigenvalue weighted by Crippen LogP contribution is -2.58. The highest BCUT2D eigenvalue weighted by atomic mass is 16.6. The zero-order chi connectivity index (χ0) is 17.6. The summed E-state index contributed by atoms with van der Waals surface area (Å²) in [6.07, 6.45) is 2.32. The maximum Gasteiger partial charge on any atom is 0.411 e. The van der Waals surface area contributed by atoms with Crippen molar-refractivity contribution in [1.82, 2.24) is 9.88 Å². The first-order valence-corrected chi connectivity index (χ1v) is 8.03. The van der Waals surface area contributed by atoms with E-state index in [1.165, 1.54) is 6.20 Å². The molecule has 0 saturated carbocycles. The molecule has 3 atom stereocenters. The van der Waals surface area contributed by atoms with Gasteiger partial charge in [0.15, 0.2) is 0 Å². The van der Waals surface area contributed by atoms with Gasteiger partial charge in [-0.1, -0.05) is 6.92 Å². The van der Waals surface area contributed by atoms with E-state index in [-0.39, 0.29) is 35.4 Å². The molecule has 130 valence electrons. The van der Waals surface area contributed by atoms with Crippen molar-refractivity contribution in [1.29, 1.82) is 0 Å².